The molecule has 2 saturated heterocycles. The molecule has 0 radical (unpaired) electrons. The van der Waals surface area contributed by atoms with E-state index < -0.39 is 17.7 Å². The van der Waals surface area contributed by atoms with Crippen molar-refractivity contribution in [1.82, 2.24) is 15.1 Å². The van der Waals surface area contributed by atoms with Crippen LogP contribution in [-0.4, -0.2) is 77.2 Å². The van der Waals surface area contributed by atoms with Crippen LogP contribution < -0.4 is 10.1 Å². The van der Waals surface area contributed by atoms with E-state index in [1.54, 1.807) is 0 Å². The Labute approximate surface area is 234 Å². The minimum atomic E-state index is -0.798. The standard InChI is InChI=1S/C30H45N3O4.ClH/c1-2-3-16-33-28(35)26(27(34)22-10-6-4-7-11-22)31-29(36)30(33)14-17-32(18-15-30)20-23-19-24(23)21-37-25-12-8-5-9-13-25;/h5,8-9,12-13,22-24,26-27,34H,2-4,6-7,10-11,14-21H2,1H3,(H,31,36);1H/t23-,24-,26+,27+;/m0./s1. The van der Waals surface area contributed by atoms with Gasteiger partial charge in [-0.15, -0.1) is 12.4 Å². The number of piperidine rings is 1. The van der Waals surface area contributed by atoms with E-state index in [4.69, 9.17) is 4.74 Å². The Bertz CT molecular complexity index is 917. The van der Waals surface area contributed by atoms with Gasteiger partial charge in [-0.05, 0) is 68.4 Å². The minimum absolute atomic E-state index is 0. The van der Waals surface area contributed by atoms with Gasteiger partial charge in [0.2, 0.25) is 11.8 Å². The summed E-state index contributed by atoms with van der Waals surface area (Å²) in [6, 6.07) is 9.20. The van der Waals surface area contributed by atoms with E-state index in [2.05, 4.69) is 17.1 Å². The molecule has 2 heterocycles. The molecule has 2 saturated carbocycles. The molecule has 0 aromatic heterocycles. The molecule has 2 aliphatic carbocycles. The van der Waals surface area contributed by atoms with Crippen LogP contribution in [0.1, 0.15) is 71.1 Å². The van der Waals surface area contributed by atoms with Crippen LogP contribution in [0.3, 0.4) is 0 Å². The van der Waals surface area contributed by atoms with Crippen molar-refractivity contribution in [3.05, 3.63) is 30.3 Å². The zero-order chi connectivity index (χ0) is 25.8. The molecule has 1 aromatic rings. The van der Waals surface area contributed by atoms with Crippen LogP contribution in [-0.2, 0) is 9.59 Å². The van der Waals surface area contributed by atoms with Crippen LogP contribution in [0.4, 0.5) is 0 Å². The second kappa shape index (κ2) is 13.0. The number of hydrogen-bond donors (Lipinski definition) is 2. The number of nitrogens with one attached hydrogen (secondary N) is 1. The summed E-state index contributed by atoms with van der Waals surface area (Å²) in [5, 5.41) is 14.1. The van der Waals surface area contributed by atoms with Crippen LogP contribution in [0, 0.1) is 17.8 Å². The fraction of sp³-hybridized carbons (Fsp3) is 0.733. The number of aliphatic hydroxyl groups is 1. The number of halogens is 1. The van der Waals surface area contributed by atoms with Crippen molar-refractivity contribution in [3.8, 4) is 5.75 Å². The normalized spacial score (nSPS) is 28.5. The molecule has 0 bridgehead atoms. The van der Waals surface area contributed by atoms with E-state index in [-0.39, 0.29) is 30.1 Å². The lowest BCUT2D eigenvalue weighted by atomic mass is 9.78. The first-order valence-corrected chi connectivity index (χ1v) is 14.7. The second-order valence-corrected chi connectivity index (χ2v) is 11.9. The topological polar surface area (TPSA) is 82.1 Å². The fourth-order valence-corrected chi connectivity index (χ4v) is 6.85. The van der Waals surface area contributed by atoms with Gasteiger partial charge in [0.15, 0.2) is 0 Å². The fourth-order valence-electron chi connectivity index (χ4n) is 6.85. The molecule has 38 heavy (non-hydrogen) atoms. The predicted octanol–water partition coefficient (Wildman–Crippen LogP) is 4.03. The molecule has 7 nitrogen and oxygen atoms in total. The van der Waals surface area contributed by atoms with Crippen molar-refractivity contribution in [2.45, 2.75) is 88.8 Å². The summed E-state index contributed by atoms with van der Waals surface area (Å²) < 4.78 is 5.95. The van der Waals surface area contributed by atoms with Gasteiger partial charge in [0.25, 0.3) is 0 Å². The monoisotopic (exact) mass is 547 g/mol. The number of hydrogen-bond acceptors (Lipinski definition) is 5. The number of nitrogens with zero attached hydrogens (tertiary/aromatic N) is 2. The van der Waals surface area contributed by atoms with Gasteiger partial charge in [-0.2, -0.15) is 0 Å². The third-order valence-corrected chi connectivity index (χ3v) is 9.42. The van der Waals surface area contributed by atoms with Crippen molar-refractivity contribution in [1.29, 1.82) is 0 Å². The molecule has 2 aliphatic heterocycles. The number of ether oxygens (including phenoxy) is 1. The van der Waals surface area contributed by atoms with Crippen LogP contribution in [0.5, 0.6) is 5.75 Å². The number of para-hydroxylation sites is 1. The maximum Gasteiger partial charge on any atom is 0.248 e. The Hall–Kier alpha value is -1.83. The number of amides is 2. The number of unbranched alkanes of at least 4 members (excludes halogenated alkanes) is 1. The van der Waals surface area contributed by atoms with Crippen LogP contribution in [0.2, 0.25) is 0 Å². The maximum atomic E-state index is 13.8. The first kappa shape index (κ1) is 29.2. The molecular weight excluding hydrogens is 502 g/mol. The molecule has 0 unspecified atom stereocenters. The molecule has 5 rings (SSSR count). The molecule has 1 aromatic carbocycles. The number of likely N-dealkylation sites (tertiary alicyclic amines) is 1. The van der Waals surface area contributed by atoms with E-state index >= 15 is 0 Å². The Morgan fingerprint density at radius 1 is 1.08 bits per heavy atom. The van der Waals surface area contributed by atoms with E-state index in [1.807, 2.05) is 35.2 Å². The lowest BCUT2D eigenvalue weighted by molar-refractivity contribution is -0.166. The predicted molar refractivity (Wildman–Crippen MR) is 150 cm³/mol. The van der Waals surface area contributed by atoms with Crippen LogP contribution in [0.15, 0.2) is 30.3 Å². The summed E-state index contributed by atoms with van der Waals surface area (Å²) >= 11 is 0. The van der Waals surface area contributed by atoms with E-state index in [0.29, 0.717) is 31.2 Å². The summed E-state index contributed by atoms with van der Waals surface area (Å²) in [5.74, 6) is 2.15. The highest BCUT2D eigenvalue weighted by atomic mass is 35.5. The lowest BCUT2D eigenvalue weighted by Gasteiger charge is -2.52. The zero-order valence-electron chi connectivity index (χ0n) is 22.9. The maximum absolute atomic E-state index is 13.8. The Balaban J connectivity index is 0.00000336. The lowest BCUT2D eigenvalue weighted by Crippen LogP contribution is -2.75. The summed E-state index contributed by atoms with van der Waals surface area (Å²) in [4.78, 5) is 31.8. The average molecular weight is 548 g/mol. The van der Waals surface area contributed by atoms with Gasteiger partial charge in [-0.3, -0.25) is 9.59 Å². The molecule has 212 valence electrons. The number of piperazine rings is 1. The Morgan fingerprint density at radius 2 is 1.79 bits per heavy atom. The quantitative estimate of drug-likeness (QED) is 0.462. The number of aliphatic hydroxyl groups excluding tert-OH is 1. The van der Waals surface area contributed by atoms with E-state index in [1.165, 1.54) is 12.8 Å². The van der Waals surface area contributed by atoms with Gasteiger partial charge in [0.1, 0.15) is 17.3 Å². The van der Waals surface area contributed by atoms with Gasteiger partial charge < -0.3 is 25.0 Å². The summed E-state index contributed by atoms with van der Waals surface area (Å²) in [6.07, 6.45) is 8.84. The van der Waals surface area contributed by atoms with Crippen molar-refractivity contribution in [2.24, 2.45) is 17.8 Å². The third kappa shape index (κ3) is 6.31. The summed E-state index contributed by atoms with van der Waals surface area (Å²) in [6.45, 7) is 6.15. The molecule has 4 fully saturated rings. The highest BCUT2D eigenvalue weighted by Gasteiger charge is 2.55. The SMILES string of the molecule is CCCCN1C(=O)[C@@H]([C@H](O)C2CCCCC2)NC(=O)C12CCN(C[C@@H]1C[C@H]1COc1ccccc1)CC2.Cl. The number of carbonyl (C=O) groups excluding carboxylic acids is 2. The molecule has 8 heteroatoms. The largest absolute Gasteiger partial charge is 0.493 e. The molecule has 1 spiro atoms. The van der Waals surface area contributed by atoms with E-state index in [9.17, 15) is 14.7 Å². The number of carbonyl (C=O) groups is 2. The smallest absolute Gasteiger partial charge is 0.248 e. The number of rotatable bonds is 10. The average Bonchev–Trinajstić information content (AvgIpc) is 3.69. The molecule has 2 amide bonds. The van der Waals surface area contributed by atoms with Gasteiger partial charge in [-0.1, -0.05) is 50.8 Å². The van der Waals surface area contributed by atoms with Crippen molar-refractivity contribution >= 4 is 24.2 Å². The summed E-state index contributed by atoms with van der Waals surface area (Å²) in [5.41, 5.74) is -0.773. The van der Waals surface area contributed by atoms with Gasteiger partial charge in [0, 0.05) is 26.2 Å². The van der Waals surface area contributed by atoms with Crippen LogP contribution >= 0.6 is 12.4 Å². The van der Waals surface area contributed by atoms with Gasteiger partial charge in [0.05, 0.1) is 12.7 Å². The molecule has 4 atom stereocenters. The highest BCUT2D eigenvalue weighted by molar-refractivity contribution is 6.00. The number of benzene rings is 1. The van der Waals surface area contributed by atoms with Crippen molar-refractivity contribution < 1.29 is 19.4 Å². The zero-order valence-corrected chi connectivity index (χ0v) is 23.7. The molecule has 4 aliphatic rings. The molecule has 2 N–H and O–H groups in total. The molecular formula is C30H46ClN3O4. The highest BCUT2D eigenvalue weighted by Crippen LogP contribution is 2.41. The second-order valence-electron chi connectivity index (χ2n) is 11.9. The van der Waals surface area contributed by atoms with Crippen molar-refractivity contribution in [3.63, 3.8) is 0 Å². The van der Waals surface area contributed by atoms with Crippen molar-refractivity contribution in [2.75, 3.05) is 32.8 Å². The van der Waals surface area contributed by atoms with E-state index in [0.717, 1.165) is 70.5 Å². The minimum Gasteiger partial charge on any atom is -0.493 e. The first-order valence-electron chi connectivity index (χ1n) is 14.7. The first-order chi connectivity index (χ1) is 18.0. The summed E-state index contributed by atoms with van der Waals surface area (Å²) in [7, 11) is 0. The van der Waals surface area contributed by atoms with Gasteiger partial charge >= 0.3 is 0 Å². The van der Waals surface area contributed by atoms with Gasteiger partial charge in [-0.25, -0.2) is 0 Å². The van der Waals surface area contributed by atoms with Crippen LogP contribution in [0.25, 0.3) is 0 Å². The Morgan fingerprint density at radius 3 is 2.47 bits per heavy atom. The Kier molecular flexibility index (Phi) is 9.99. The third-order valence-electron chi connectivity index (χ3n) is 9.42.